The fourth-order valence-electron chi connectivity index (χ4n) is 3.00. The minimum atomic E-state index is -3.42. The topological polar surface area (TPSA) is 71.4 Å². The van der Waals surface area contributed by atoms with E-state index in [9.17, 15) is 13.2 Å². The van der Waals surface area contributed by atoms with E-state index in [0.29, 0.717) is 24.8 Å². The highest BCUT2D eigenvalue weighted by molar-refractivity contribution is 8.38. The molecule has 120 valence electrons. The van der Waals surface area contributed by atoms with Gasteiger partial charge in [0.2, 0.25) is 0 Å². The van der Waals surface area contributed by atoms with Crippen molar-refractivity contribution in [3.8, 4) is 0 Å². The maximum atomic E-state index is 12.2. The van der Waals surface area contributed by atoms with Crippen LogP contribution in [-0.2, 0) is 14.3 Å². The highest BCUT2D eigenvalue weighted by Crippen LogP contribution is 2.44. The minimum Gasteiger partial charge on any atom is -0.392 e. The van der Waals surface area contributed by atoms with Crippen molar-refractivity contribution in [1.29, 1.82) is 0 Å². The van der Waals surface area contributed by atoms with Gasteiger partial charge in [0.25, 0.3) is 0 Å². The molecule has 0 fully saturated rings. The number of hydrogen-bond donors (Lipinski definition) is 1. The molecule has 1 rings (SSSR count). The first-order valence-corrected chi connectivity index (χ1v) is 10.1. The van der Waals surface area contributed by atoms with Crippen molar-refractivity contribution in [2.75, 3.05) is 6.61 Å². The Balaban J connectivity index is 3.41. The molecule has 0 aliphatic heterocycles. The van der Waals surface area contributed by atoms with E-state index in [2.05, 4.69) is 0 Å². The van der Waals surface area contributed by atoms with Crippen molar-refractivity contribution in [3.05, 3.63) is 22.8 Å². The second-order valence-electron chi connectivity index (χ2n) is 6.36. The zero-order valence-corrected chi connectivity index (χ0v) is 15.1. The Morgan fingerprint density at radius 2 is 2.05 bits per heavy atom. The first-order valence-electron chi connectivity index (χ1n) is 7.03. The third-order valence-electron chi connectivity index (χ3n) is 4.19. The van der Waals surface area contributed by atoms with Crippen molar-refractivity contribution in [2.24, 2.45) is 5.41 Å². The van der Waals surface area contributed by atoms with E-state index in [0.717, 1.165) is 11.1 Å². The summed E-state index contributed by atoms with van der Waals surface area (Å²) in [5.41, 5.74) is 1.80. The van der Waals surface area contributed by atoms with Gasteiger partial charge in [-0.05, 0) is 51.7 Å². The van der Waals surface area contributed by atoms with Crippen LogP contribution in [0.3, 0.4) is 0 Å². The molecular weight excluding hydrogens is 307 g/mol. The molecule has 6 heteroatoms. The monoisotopic (exact) mass is 332 g/mol. The summed E-state index contributed by atoms with van der Waals surface area (Å²) >= 11 is 0. The van der Waals surface area contributed by atoms with E-state index >= 15 is 0 Å². The lowest BCUT2D eigenvalue weighted by Crippen LogP contribution is -2.35. The van der Waals surface area contributed by atoms with Gasteiger partial charge >= 0.3 is 0 Å². The zero-order chi connectivity index (χ0) is 16.4. The second-order valence-corrected chi connectivity index (χ2v) is 10.1. The number of carbonyl (C=O) groups excluding carboxylic acids is 1. The molecule has 2 unspecified atom stereocenters. The van der Waals surface area contributed by atoms with Crippen LogP contribution in [-0.4, -0.2) is 31.2 Å². The number of carbonyl (C=O) groups is 1. The molecule has 0 saturated heterocycles. The fraction of sp³-hybridized carbons (Fsp3) is 0.667. The van der Waals surface area contributed by atoms with Gasteiger partial charge in [0.15, 0.2) is 15.2 Å². The quantitative estimate of drug-likeness (QED) is 0.620. The molecule has 0 heterocycles. The summed E-state index contributed by atoms with van der Waals surface area (Å²) in [5, 5.41) is 8.23. The summed E-state index contributed by atoms with van der Waals surface area (Å²) in [5.74, 6) is 0.0340. The van der Waals surface area contributed by atoms with Crippen LogP contribution in [0.1, 0.15) is 47.0 Å². The molecular formula is C15H25O4PS. The van der Waals surface area contributed by atoms with Gasteiger partial charge in [-0.15, -0.1) is 0 Å². The van der Waals surface area contributed by atoms with Crippen LogP contribution in [0.4, 0.5) is 0 Å². The van der Waals surface area contributed by atoms with Crippen molar-refractivity contribution >= 4 is 23.7 Å². The molecule has 21 heavy (non-hydrogen) atoms. The SMILES string of the molecule is CC1=C(C(C/C(C)=C/CO)S(=O)(=O)P)C(C)(C)CCC1=O. The van der Waals surface area contributed by atoms with E-state index in [1.807, 2.05) is 22.3 Å². The summed E-state index contributed by atoms with van der Waals surface area (Å²) in [7, 11) is -1.50. The van der Waals surface area contributed by atoms with Gasteiger partial charge in [-0.3, -0.25) is 4.79 Å². The molecule has 1 aliphatic rings. The fourth-order valence-corrected chi connectivity index (χ4v) is 5.01. The van der Waals surface area contributed by atoms with Crippen LogP contribution in [0.15, 0.2) is 22.8 Å². The lowest BCUT2D eigenvalue weighted by atomic mass is 9.70. The number of aliphatic hydroxyl groups is 1. The number of ketones is 1. The molecule has 0 aromatic rings. The first kappa shape index (κ1) is 18.5. The predicted molar refractivity (Wildman–Crippen MR) is 88.6 cm³/mol. The largest absolute Gasteiger partial charge is 0.392 e. The van der Waals surface area contributed by atoms with Crippen LogP contribution >= 0.6 is 8.44 Å². The molecule has 0 radical (unpaired) electrons. The maximum absolute atomic E-state index is 12.2. The van der Waals surface area contributed by atoms with Crippen LogP contribution < -0.4 is 0 Å². The van der Waals surface area contributed by atoms with Crippen molar-refractivity contribution in [3.63, 3.8) is 0 Å². The Hall–Kier alpha value is -0.510. The molecule has 4 nitrogen and oxygen atoms in total. The van der Waals surface area contributed by atoms with Gasteiger partial charge in [-0.25, -0.2) is 8.42 Å². The van der Waals surface area contributed by atoms with Gasteiger partial charge in [-0.1, -0.05) is 25.5 Å². The normalized spacial score (nSPS) is 21.6. The molecule has 0 aromatic heterocycles. The Kier molecular flexibility index (Phi) is 5.93. The Morgan fingerprint density at radius 3 is 2.52 bits per heavy atom. The smallest absolute Gasteiger partial charge is 0.168 e. The summed E-state index contributed by atoms with van der Waals surface area (Å²) in [6.45, 7) is 7.40. The van der Waals surface area contributed by atoms with Gasteiger partial charge in [0.1, 0.15) is 0 Å². The van der Waals surface area contributed by atoms with Gasteiger partial charge in [0, 0.05) is 6.42 Å². The number of allylic oxidation sites excluding steroid dienone is 2. The van der Waals surface area contributed by atoms with Gasteiger partial charge in [0.05, 0.1) is 11.9 Å². The number of hydrogen-bond acceptors (Lipinski definition) is 4. The van der Waals surface area contributed by atoms with Crippen LogP contribution in [0.2, 0.25) is 0 Å². The van der Waals surface area contributed by atoms with Crippen molar-refractivity contribution in [2.45, 2.75) is 52.2 Å². The minimum absolute atomic E-state index is 0.0340. The molecule has 0 bridgehead atoms. The van der Waals surface area contributed by atoms with E-state index in [-0.39, 0.29) is 17.8 Å². The average molecular weight is 332 g/mol. The lowest BCUT2D eigenvalue weighted by Gasteiger charge is -2.37. The summed E-state index contributed by atoms with van der Waals surface area (Å²) in [4.78, 5) is 12.0. The number of rotatable bonds is 5. The molecule has 2 atom stereocenters. The summed E-state index contributed by atoms with van der Waals surface area (Å²) < 4.78 is 24.5. The number of aliphatic hydroxyl groups excluding tert-OH is 1. The molecule has 0 amide bonds. The first-order chi connectivity index (χ1) is 9.50. The molecule has 0 spiro atoms. The highest BCUT2D eigenvalue weighted by Gasteiger charge is 2.40. The third-order valence-corrected chi connectivity index (χ3v) is 6.38. The highest BCUT2D eigenvalue weighted by atomic mass is 32.7. The van der Waals surface area contributed by atoms with Crippen molar-refractivity contribution in [1.82, 2.24) is 0 Å². The predicted octanol–water partition coefficient (Wildman–Crippen LogP) is 2.59. The summed E-state index contributed by atoms with van der Waals surface area (Å²) in [6.07, 6.45) is 3.04. The van der Waals surface area contributed by atoms with Crippen LogP contribution in [0, 0.1) is 5.41 Å². The van der Waals surface area contributed by atoms with E-state index in [1.165, 1.54) is 0 Å². The summed E-state index contributed by atoms with van der Waals surface area (Å²) in [6, 6.07) is 0. The van der Waals surface area contributed by atoms with Crippen LogP contribution in [0.25, 0.3) is 0 Å². The Morgan fingerprint density at radius 1 is 1.48 bits per heavy atom. The Labute approximate surface area is 129 Å². The van der Waals surface area contributed by atoms with Gasteiger partial charge in [-0.2, -0.15) is 0 Å². The average Bonchev–Trinajstić information content (AvgIpc) is 2.32. The van der Waals surface area contributed by atoms with E-state index < -0.39 is 14.7 Å². The third kappa shape index (κ3) is 4.48. The van der Waals surface area contributed by atoms with Gasteiger partial charge < -0.3 is 5.11 Å². The van der Waals surface area contributed by atoms with E-state index in [4.69, 9.17) is 5.11 Å². The molecule has 0 saturated carbocycles. The molecule has 0 aromatic carbocycles. The molecule has 1 N–H and O–H groups in total. The van der Waals surface area contributed by atoms with E-state index in [1.54, 1.807) is 19.9 Å². The maximum Gasteiger partial charge on any atom is 0.168 e. The standard InChI is InChI=1S/C15H25O4PS/c1-10(6-8-16)9-13(21(18,19)20)14-11(2)12(17)5-7-15(14,3)4/h6,13,16H,5,7-9,20H2,1-4H3/b10-6+. The lowest BCUT2D eigenvalue weighted by molar-refractivity contribution is -0.116. The zero-order valence-electron chi connectivity index (χ0n) is 13.1. The second kappa shape index (κ2) is 6.72. The number of Topliss-reactive ketones (excluding diaryl/α,β-unsaturated/α-hetero) is 1. The van der Waals surface area contributed by atoms with Crippen LogP contribution in [0.5, 0.6) is 0 Å². The Bertz CT molecular complexity index is 585. The molecule has 1 aliphatic carbocycles. The van der Waals surface area contributed by atoms with Crippen molar-refractivity contribution < 1.29 is 18.3 Å².